The number of ether oxygens (including phenoxy) is 5. The molecule has 14 amide bonds. The monoisotopic (exact) mass is 1820 g/mol. The van der Waals surface area contributed by atoms with Gasteiger partial charge in [-0.05, 0) is 204 Å². The lowest BCUT2D eigenvalue weighted by Gasteiger charge is -2.37. The summed E-state index contributed by atoms with van der Waals surface area (Å²) in [4.78, 5) is 203. The predicted molar refractivity (Wildman–Crippen MR) is 493 cm³/mol. The minimum Gasteiger partial charge on any atom is -0.460 e. The van der Waals surface area contributed by atoms with Crippen LogP contribution in [0.1, 0.15) is 252 Å². The van der Waals surface area contributed by atoms with Crippen molar-refractivity contribution in [2.45, 2.75) is 346 Å². The topological polar surface area (TPSA) is 454 Å². The highest BCUT2D eigenvalue weighted by Gasteiger charge is 2.47. The van der Waals surface area contributed by atoms with Gasteiger partial charge < -0.3 is 98.1 Å². The molecule has 0 saturated carbocycles. The van der Waals surface area contributed by atoms with Crippen LogP contribution in [0.5, 0.6) is 0 Å². The summed E-state index contributed by atoms with van der Waals surface area (Å²) in [5.41, 5.74) is -6.85. The first-order valence-corrected chi connectivity index (χ1v) is 46.4. The summed E-state index contributed by atoms with van der Waals surface area (Å²) in [6.45, 7) is 34.9. The number of thioether (sulfide) groups is 1. The van der Waals surface area contributed by atoms with E-state index in [1.165, 1.54) is 20.8 Å². The second-order valence-electron chi connectivity index (χ2n) is 38.6. The highest BCUT2D eigenvalue weighted by molar-refractivity contribution is 8.00. The maximum absolute atomic E-state index is 15.7. The van der Waals surface area contributed by atoms with Gasteiger partial charge in [0.25, 0.3) is 0 Å². The van der Waals surface area contributed by atoms with Gasteiger partial charge in [0.05, 0.1) is 55.1 Å². The summed E-state index contributed by atoms with van der Waals surface area (Å²) in [6, 6.07) is 17.5. The maximum Gasteiger partial charge on any atom is 0.408 e. The first kappa shape index (κ1) is 108. The lowest BCUT2D eigenvalue weighted by Crippen LogP contribution is -2.66. The number of amides is 14. The molecule has 3 aliphatic heterocycles. The van der Waals surface area contributed by atoms with E-state index in [1.807, 2.05) is 115 Å². The van der Waals surface area contributed by atoms with Crippen molar-refractivity contribution in [3.63, 3.8) is 0 Å². The van der Waals surface area contributed by atoms with Crippen LogP contribution in [0.25, 0.3) is 0 Å². The van der Waals surface area contributed by atoms with Crippen molar-refractivity contribution in [1.82, 2.24) is 74.4 Å². The van der Waals surface area contributed by atoms with E-state index in [0.29, 0.717) is 34.8 Å². The van der Waals surface area contributed by atoms with Gasteiger partial charge in [-0.1, -0.05) is 144 Å². The molecule has 3 aromatic carbocycles. The van der Waals surface area contributed by atoms with E-state index in [-0.39, 0.29) is 95.3 Å². The fraction of sp³-hybridized carbons (Fsp3) is 0.642. The van der Waals surface area contributed by atoms with Gasteiger partial charge in [0, 0.05) is 36.9 Å². The van der Waals surface area contributed by atoms with Gasteiger partial charge in [-0.25, -0.2) is 9.59 Å². The number of hydrogen-bond acceptors (Lipinski definition) is 20. The summed E-state index contributed by atoms with van der Waals surface area (Å²) in [5.74, 6) is -9.98. The molecule has 129 heavy (non-hydrogen) atoms. The van der Waals surface area contributed by atoms with Gasteiger partial charge in [0.2, 0.25) is 65.0 Å². The lowest BCUT2D eigenvalue weighted by molar-refractivity contribution is -0.157. The Bertz CT molecular complexity index is 4190. The minimum absolute atomic E-state index is 0.00435. The molecule has 3 aliphatic rings. The maximum atomic E-state index is 15.7. The van der Waals surface area contributed by atoms with Crippen molar-refractivity contribution >= 4 is 94.8 Å². The van der Waals surface area contributed by atoms with Crippen LogP contribution < -0.4 is 74.4 Å². The smallest absolute Gasteiger partial charge is 0.408 e. The van der Waals surface area contributed by atoms with E-state index >= 15 is 33.6 Å². The van der Waals surface area contributed by atoms with Gasteiger partial charge >= 0.3 is 18.1 Å². The van der Waals surface area contributed by atoms with E-state index in [2.05, 4.69) is 74.4 Å². The fourth-order valence-corrected chi connectivity index (χ4v) is 17.0. The molecule has 2 saturated heterocycles. The number of carbonyl (C=O) groups excluding carboxylic acids is 14. The summed E-state index contributed by atoms with van der Waals surface area (Å²) >= 11 is 1.83. The molecule has 0 unspecified atom stereocenters. The Labute approximate surface area is 766 Å². The third-order valence-electron chi connectivity index (χ3n) is 22.2. The number of fused-ring (bicyclic) bond motifs is 1. The molecule has 3 heterocycles. The van der Waals surface area contributed by atoms with Crippen molar-refractivity contribution in [3.05, 3.63) is 120 Å². The van der Waals surface area contributed by atoms with Crippen LogP contribution in [0.2, 0.25) is 0 Å². The van der Waals surface area contributed by atoms with Gasteiger partial charge in [-0.3, -0.25) is 57.5 Å². The summed E-state index contributed by atoms with van der Waals surface area (Å²) < 4.78 is 29.6. The van der Waals surface area contributed by atoms with Crippen LogP contribution in [0, 0.1) is 11.8 Å². The highest BCUT2D eigenvalue weighted by atomic mass is 32.2. The molecule has 0 aromatic heterocycles. The van der Waals surface area contributed by atoms with Crippen molar-refractivity contribution < 1.29 is 90.8 Å². The first-order valence-electron chi connectivity index (χ1n) is 45.3. The van der Waals surface area contributed by atoms with E-state index in [4.69, 9.17) is 23.7 Å². The van der Waals surface area contributed by atoms with Crippen LogP contribution in [-0.2, 0) is 86.8 Å². The molecular weight excluding hydrogens is 1670 g/mol. The zero-order chi connectivity index (χ0) is 96.0. The number of unbranched alkanes of at least 4 members (excludes halogenated alkanes) is 1. The molecule has 14 N–H and O–H groups in total. The molecule has 2 fully saturated rings. The molecular formula is C95H146N14O19S. The van der Waals surface area contributed by atoms with Crippen molar-refractivity contribution in [2.75, 3.05) is 32.1 Å². The number of carbonyl (C=O) groups is 14. The SMILES string of the molecule is CC[C@H](C)[C@@H]1NC(=O)[C@H](C)NC(=O)[C@@](C)(NC(=O)[C@H](CCC(=O)NC(c2ccccc2)(c2ccccc2)c2ccccc2)NC(=O)[C@H](NC(=O)OC(C)(C)C)[C@@H](C)OC(C)(C)C)CCC/C=C/CCC[C@@](C)(C(=O)N[C@H](C(=O)N[C@H](C(=O)NCCOCCNC(=O)CCCC[C@@H]2SC[C@@H]3NC(=O)N[C@@H]32)[C@@H](C)OC(C)(C)C)C(C)C)NC(=O)[C@H](CC(=O)OC(C)(C)C)NC1=O. The van der Waals surface area contributed by atoms with Gasteiger partial charge in [-0.2, -0.15) is 11.8 Å². The number of esters is 1. The second kappa shape index (κ2) is 49.2. The number of alkyl carbamates (subject to hydrolysis) is 1. The average molecular weight is 1820 g/mol. The average Bonchev–Trinajstić information content (AvgIpc) is 1.54. The number of urea groups is 1. The summed E-state index contributed by atoms with van der Waals surface area (Å²) in [5, 5.41) is 40.1. The third-order valence-corrected chi connectivity index (χ3v) is 23.8. The first-order chi connectivity index (χ1) is 60.4. The molecule has 0 aliphatic carbocycles. The Morgan fingerprint density at radius 3 is 1.62 bits per heavy atom. The number of allylic oxidation sites excluding steroid dienone is 2. The lowest BCUT2D eigenvalue weighted by atomic mass is 9.77. The molecule has 33 nitrogen and oxygen atoms in total. The molecule has 34 heteroatoms. The molecule has 3 aromatic rings. The van der Waals surface area contributed by atoms with Crippen molar-refractivity contribution in [3.8, 4) is 0 Å². The molecule has 0 spiro atoms. The van der Waals surface area contributed by atoms with Crippen LogP contribution in [0.3, 0.4) is 0 Å². The Balaban J connectivity index is 1.29. The number of rotatable bonds is 37. The summed E-state index contributed by atoms with van der Waals surface area (Å²) in [7, 11) is 0. The standard InChI is InChI=1S/C95H146N14O19S/c1-22-59(4)74-83(118)100-67(56-72(112)127-91(14,15)16)80(115)109-94(21,86(121)104-73(58(2)3)82(117)103-75(61(6)125-89(8,9)10)81(116)97-53-55-124-54-52-96-70(110)47-37-36-46-69-77-68(57-129-69)101-87(122)105-77)51-39-26-24-23-25-38-50-93(20,85(120)98-60(5)78(113)102-74)108-79(114)66(99-84(119)76(62(7)126-90(11,12)13)106-88(123)128-92(17,18)19)48-49-71(111)107-95(63-40-30-27-31-41-63,64-42-32-28-33-43-64)65-44-34-29-35-45-65/h23-24,27-35,40-45,58-62,66-69,73-77H,22,25-26,36-39,46-57H2,1-21H3,(H,96,110)(H,97,116)(H,98,120)(H,99,119)(H,100,118)(H,102,113)(H,103,117)(H,104,121)(H,106,123)(H,107,111)(H,108,114)(H,109,115)(H2,101,105,122)/b24-23+/t59-,60-,61+,62+,66-,67-,68-,69-,73-,74-,75-,76+,77-,93-,94-/m0/s1. The zero-order valence-corrected chi connectivity index (χ0v) is 80.3. The van der Waals surface area contributed by atoms with Crippen LogP contribution in [0.15, 0.2) is 103 Å². The van der Waals surface area contributed by atoms with Crippen LogP contribution in [0.4, 0.5) is 9.59 Å². The predicted octanol–water partition coefficient (Wildman–Crippen LogP) is 8.17. The quantitative estimate of drug-likeness (QED) is 0.00850. The number of hydrogen-bond donors (Lipinski definition) is 14. The molecule has 0 bridgehead atoms. The zero-order valence-electron chi connectivity index (χ0n) is 79.5. The largest absolute Gasteiger partial charge is 0.460 e. The number of nitrogens with one attached hydrogen (secondary N) is 14. The molecule has 716 valence electrons. The molecule has 0 radical (unpaired) electrons. The Morgan fingerprint density at radius 2 is 1.09 bits per heavy atom. The fourth-order valence-electron chi connectivity index (χ4n) is 15.5. The van der Waals surface area contributed by atoms with E-state index < -0.39 is 196 Å². The Morgan fingerprint density at radius 1 is 0.550 bits per heavy atom. The van der Waals surface area contributed by atoms with Gasteiger partial charge in [0.15, 0.2) is 0 Å². The molecule has 6 rings (SSSR count). The number of benzene rings is 3. The third kappa shape index (κ3) is 34.9. The van der Waals surface area contributed by atoms with Crippen LogP contribution >= 0.6 is 11.8 Å². The van der Waals surface area contributed by atoms with Crippen molar-refractivity contribution in [2.24, 2.45) is 11.8 Å². The van der Waals surface area contributed by atoms with Crippen molar-refractivity contribution in [1.29, 1.82) is 0 Å². The highest BCUT2D eigenvalue weighted by Crippen LogP contribution is 2.38. The Hall–Kier alpha value is -10.2. The van der Waals surface area contributed by atoms with Gasteiger partial charge in [0.1, 0.15) is 70.1 Å². The molecule has 15 atom stereocenters. The van der Waals surface area contributed by atoms with Crippen LogP contribution in [-0.4, -0.2) is 220 Å². The normalized spacial score (nSPS) is 22.4. The summed E-state index contributed by atoms with van der Waals surface area (Å²) in [6.07, 6.45) is 2.67. The minimum atomic E-state index is -1.94. The van der Waals surface area contributed by atoms with E-state index in [1.54, 1.807) is 125 Å². The second-order valence-corrected chi connectivity index (χ2v) is 39.9. The van der Waals surface area contributed by atoms with Gasteiger partial charge in [-0.15, -0.1) is 0 Å². The Kier molecular flexibility index (Phi) is 41.0. The van der Waals surface area contributed by atoms with E-state index in [0.717, 1.165) is 18.6 Å². The van der Waals surface area contributed by atoms with E-state index in [9.17, 15) is 33.6 Å².